The molecule has 1 fully saturated rings. The number of nitriles is 1. The van der Waals surface area contributed by atoms with Crippen molar-refractivity contribution in [1.82, 2.24) is 15.1 Å². The smallest absolute Gasteiger partial charge is 0.248 e. The Morgan fingerprint density at radius 1 is 1.22 bits per heavy atom. The Morgan fingerprint density at radius 3 is 2.73 bits per heavy atom. The first-order valence-corrected chi connectivity index (χ1v) is 12.2. The maximum Gasteiger partial charge on any atom is 0.248 e. The Balaban J connectivity index is 1.62. The standard InChI is InChI=1S/C27H29FN6O3/c1-3-37-25-16-21-19(15-22(25)31-26(35)8-4-5-11-34-12-6-7-13-34)27(23(17-29)33-32-21)30-18-9-10-24(36-2)20(28)14-18/h4,8-10,14-16H,3,5-7,11-13H2,1-2H3,(H,30,32)(H,31,35)/b8-4+. The number of nitrogens with one attached hydrogen (secondary N) is 2. The van der Waals surface area contributed by atoms with Crippen molar-refractivity contribution in [2.75, 3.05) is 44.0 Å². The SMILES string of the molecule is CCOc1cc2nnc(C#N)c(Nc3ccc(OC)c(F)c3)c2cc1NC(=O)/C=C/CCN1CCCC1. The van der Waals surface area contributed by atoms with Gasteiger partial charge < -0.3 is 25.0 Å². The van der Waals surface area contributed by atoms with Crippen LogP contribution in [0.4, 0.5) is 21.5 Å². The summed E-state index contributed by atoms with van der Waals surface area (Å²) in [4.78, 5) is 15.1. The summed E-state index contributed by atoms with van der Waals surface area (Å²) in [6.45, 7) is 5.37. The molecule has 0 unspecified atom stereocenters. The molecular weight excluding hydrogens is 475 g/mol. The molecule has 2 aromatic carbocycles. The van der Waals surface area contributed by atoms with Gasteiger partial charge in [-0.3, -0.25) is 4.79 Å². The Kier molecular flexibility index (Phi) is 8.48. The highest BCUT2D eigenvalue weighted by Crippen LogP contribution is 2.36. The summed E-state index contributed by atoms with van der Waals surface area (Å²) in [5.74, 6) is -0.325. The topological polar surface area (TPSA) is 112 Å². The number of likely N-dealkylation sites (tertiary alicyclic amines) is 1. The number of hydrogen-bond acceptors (Lipinski definition) is 8. The third-order valence-corrected chi connectivity index (χ3v) is 6.03. The highest BCUT2D eigenvalue weighted by Gasteiger charge is 2.17. The van der Waals surface area contributed by atoms with Crippen LogP contribution in [0.5, 0.6) is 11.5 Å². The number of halogens is 1. The highest BCUT2D eigenvalue weighted by molar-refractivity contribution is 6.04. The van der Waals surface area contributed by atoms with Gasteiger partial charge in [-0.15, -0.1) is 10.2 Å². The molecule has 1 aliphatic heterocycles. The lowest BCUT2D eigenvalue weighted by atomic mass is 10.1. The van der Waals surface area contributed by atoms with Crippen molar-refractivity contribution in [3.05, 3.63) is 54.0 Å². The van der Waals surface area contributed by atoms with Crippen LogP contribution in [0.2, 0.25) is 0 Å². The number of fused-ring (bicyclic) bond motifs is 1. The molecular formula is C27H29FN6O3. The predicted octanol–water partition coefficient (Wildman–Crippen LogP) is 4.77. The molecule has 0 aliphatic carbocycles. The molecule has 1 amide bonds. The number of methoxy groups -OCH3 is 1. The Labute approximate surface area is 214 Å². The van der Waals surface area contributed by atoms with Crippen molar-refractivity contribution in [1.29, 1.82) is 5.26 Å². The Hall–Kier alpha value is -4.23. The van der Waals surface area contributed by atoms with E-state index < -0.39 is 5.82 Å². The zero-order chi connectivity index (χ0) is 26.2. The molecule has 10 heteroatoms. The fraction of sp³-hybridized carbons (Fsp3) is 0.333. The van der Waals surface area contributed by atoms with Gasteiger partial charge in [0.05, 0.1) is 30.6 Å². The fourth-order valence-electron chi connectivity index (χ4n) is 4.23. The zero-order valence-electron chi connectivity index (χ0n) is 20.9. The molecule has 0 radical (unpaired) electrons. The number of amides is 1. The van der Waals surface area contributed by atoms with Gasteiger partial charge in [0.15, 0.2) is 17.3 Å². The summed E-state index contributed by atoms with van der Waals surface area (Å²) in [6.07, 6.45) is 6.63. The third-order valence-electron chi connectivity index (χ3n) is 6.03. The van der Waals surface area contributed by atoms with E-state index >= 15 is 0 Å². The van der Waals surface area contributed by atoms with E-state index in [4.69, 9.17) is 9.47 Å². The van der Waals surface area contributed by atoms with Crippen molar-refractivity contribution in [2.45, 2.75) is 26.2 Å². The first-order valence-electron chi connectivity index (χ1n) is 12.2. The van der Waals surface area contributed by atoms with Crippen LogP contribution >= 0.6 is 0 Å². The van der Waals surface area contributed by atoms with E-state index in [9.17, 15) is 14.4 Å². The monoisotopic (exact) mass is 504 g/mol. The van der Waals surface area contributed by atoms with Gasteiger partial charge in [0.2, 0.25) is 5.91 Å². The quantitative estimate of drug-likeness (QED) is 0.380. The average Bonchev–Trinajstić information content (AvgIpc) is 3.41. The van der Waals surface area contributed by atoms with Gasteiger partial charge in [0.25, 0.3) is 0 Å². The van der Waals surface area contributed by atoms with E-state index in [0.717, 1.165) is 26.1 Å². The van der Waals surface area contributed by atoms with Crippen molar-refractivity contribution in [3.8, 4) is 17.6 Å². The van der Waals surface area contributed by atoms with Crippen LogP contribution in [0.15, 0.2) is 42.5 Å². The maximum absolute atomic E-state index is 14.3. The van der Waals surface area contributed by atoms with Gasteiger partial charge in [0, 0.05) is 29.8 Å². The van der Waals surface area contributed by atoms with Gasteiger partial charge in [0.1, 0.15) is 11.8 Å². The van der Waals surface area contributed by atoms with Crippen LogP contribution in [0, 0.1) is 17.1 Å². The molecule has 1 saturated heterocycles. The molecule has 0 bridgehead atoms. The Morgan fingerprint density at radius 2 is 2.03 bits per heavy atom. The largest absolute Gasteiger partial charge is 0.494 e. The number of carbonyl (C=O) groups is 1. The van der Waals surface area contributed by atoms with Gasteiger partial charge in [-0.05, 0) is 63.6 Å². The first-order chi connectivity index (χ1) is 18.0. The zero-order valence-corrected chi connectivity index (χ0v) is 20.9. The minimum Gasteiger partial charge on any atom is -0.494 e. The number of hydrogen-bond donors (Lipinski definition) is 2. The van der Waals surface area contributed by atoms with E-state index in [1.807, 2.05) is 19.1 Å². The van der Waals surface area contributed by atoms with Gasteiger partial charge >= 0.3 is 0 Å². The molecule has 0 saturated carbocycles. The number of rotatable bonds is 10. The van der Waals surface area contributed by atoms with E-state index in [1.54, 1.807) is 18.2 Å². The molecule has 9 nitrogen and oxygen atoms in total. The van der Waals surface area contributed by atoms with E-state index in [-0.39, 0.29) is 17.4 Å². The van der Waals surface area contributed by atoms with Crippen LogP contribution < -0.4 is 20.1 Å². The summed E-state index contributed by atoms with van der Waals surface area (Å²) in [6, 6.07) is 9.71. The van der Waals surface area contributed by atoms with Gasteiger partial charge in [-0.1, -0.05) is 6.08 Å². The molecule has 0 atom stereocenters. The number of carbonyl (C=O) groups excluding carboxylic acids is 1. The minimum absolute atomic E-state index is 0.0203. The van der Waals surface area contributed by atoms with Crippen LogP contribution in [-0.4, -0.2) is 54.4 Å². The molecule has 2 heterocycles. The van der Waals surface area contributed by atoms with Crippen molar-refractivity contribution in [2.24, 2.45) is 0 Å². The van der Waals surface area contributed by atoms with E-state index in [2.05, 4.69) is 25.7 Å². The van der Waals surface area contributed by atoms with Crippen LogP contribution in [-0.2, 0) is 4.79 Å². The molecule has 2 N–H and O–H groups in total. The van der Waals surface area contributed by atoms with Gasteiger partial charge in [-0.25, -0.2) is 4.39 Å². The molecule has 192 valence electrons. The predicted molar refractivity (Wildman–Crippen MR) is 140 cm³/mol. The molecule has 37 heavy (non-hydrogen) atoms. The molecule has 3 aromatic rings. The summed E-state index contributed by atoms with van der Waals surface area (Å²) < 4.78 is 25.0. The second-order valence-corrected chi connectivity index (χ2v) is 8.54. The average molecular weight is 505 g/mol. The lowest BCUT2D eigenvalue weighted by Crippen LogP contribution is -2.19. The summed E-state index contributed by atoms with van der Waals surface area (Å²) in [5, 5.41) is 24.2. The van der Waals surface area contributed by atoms with Crippen LogP contribution in [0.1, 0.15) is 31.9 Å². The second kappa shape index (κ2) is 12.1. The number of aromatic nitrogens is 2. The van der Waals surface area contributed by atoms with Crippen molar-refractivity contribution >= 4 is 33.9 Å². The maximum atomic E-state index is 14.3. The lowest BCUT2D eigenvalue weighted by molar-refractivity contribution is -0.111. The molecule has 1 aliphatic rings. The third kappa shape index (κ3) is 6.32. The Bertz CT molecular complexity index is 1350. The van der Waals surface area contributed by atoms with Crippen molar-refractivity contribution in [3.63, 3.8) is 0 Å². The number of benzene rings is 2. The second-order valence-electron chi connectivity index (χ2n) is 8.54. The van der Waals surface area contributed by atoms with Crippen LogP contribution in [0.25, 0.3) is 10.9 Å². The molecule has 0 spiro atoms. The summed E-state index contributed by atoms with van der Waals surface area (Å²) >= 11 is 0. The minimum atomic E-state index is -0.555. The van der Waals surface area contributed by atoms with E-state index in [1.165, 1.54) is 38.2 Å². The number of anilines is 3. The normalized spacial score (nSPS) is 13.6. The highest BCUT2D eigenvalue weighted by atomic mass is 19.1. The van der Waals surface area contributed by atoms with E-state index in [0.29, 0.717) is 40.3 Å². The first kappa shape index (κ1) is 25.9. The van der Waals surface area contributed by atoms with Gasteiger partial charge in [-0.2, -0.15) is 5.26 Å². The fourth-order valence-corrected chi connectivity index (χ4v) is 4.23. The number of ether oxygens (including phenoxy) is 2. The van der Waals surface area contributed by atoms with Crippen molar-refractivity contribution < 1.29 is 18.7 Å². The van der Waals surface area contributed by atoms with Crippen LogP contribution in [0.3, 0.4) is 0 Å². The lowest BCUT2D eigenvalue weighted by Gasteiger charge is -2.15. The summed E-state index contributed by atoms with van der Waals surface area (Å²) in [5.41, 5.74) is 1.61. The summed E-state index contributed by atoms with van der Waals surface area (Å²) in [7, 11) is 1.38. The molecule has 1 aromatic heterocycles. The molecule has 4 rings (SSSR count). The number of nitrogens with zero attached hydrogens (tertiary/aromatic N) is 4.